The first-order valence-electron chi connectivity index (χ1n) is 7.44. The molecule has 0 aromatic heterocycles. The molecular formula is C18H17Cl2NO. The maximum Gasteiger partial charge on any atom is 0.224 e. The molecule has 22 heavy (non-hydrogen) atoms. The van der Waals surface area contributed by atoms with Crippen LogP contribution in [0.1, 0.15) is 35.6 Å². The van der Waals surface area contributed by atoms with Crippen molar-refractivity contribution in [2.24, 2.45) is 0 Å². The van der Waals surface area contributed by atoms with E-state index in [1.807, 2.05) is 12.1 Å². The SMILES string of the molecule is O=C(Cc1ccc(Cl)c(Cl)c1)N[C@@H]1CCCc2ccccc21. The number of hydrogen-bond donors (Lipinski definition) is 1. The minimum atomic E-state index is 0.0140. The van der Waals surface area contributed by atoms with Crippen molar-refractivity contribution in [2.45, 2.75) is 31.7 Å². The molecule has 0 heterocycles. The Balaban J connectivity index is 1.69. The molecule has 1 aliphatic rings. The van der Waals surface area contributed by atoms with E-state index in [1.54, 1.807) is 12.1 Å². The summed E-state index contributed by atoms with van der Waals surface area (Å²) in [6, 6.07) is 13.8. The van der Waals surface area contributed by atoms with Gasteiger partial charge in [0.25, 0.3) is 0 Å². The average molecular weight is 334 g/mol. The van der Waals surface area contributed by atoms with E-state index in [0.717, 1.165) is 24.8 Å². The molecule has 0 spiro atoms. The molecule has 0 aliphatic heterocycles. The van der Waals surface area contributed by atoms with Crippen molar-refractivity contribution in [1.82, 2.24) is 5.32 Å². The quantitative estimate of drug-likeness (QED) is 0.864. The second-order valence-electron chi connectivity index (χ2n) is 5.64. The van der Waals surface area contributed by atoms with Crippen LogP contribution in [-0.2, 0) is 17.6 Å². The Morgan fingerprint density at radius 2 is 1.95 bits per heavy atom. The van der Waals surface area contributed by atoms with Gasteiger partial charge in [-0.25, -0.2) is 0 Å². The lowest BCUT2D eigenvalue weighted by molar-refractivity contribution is -0.121. The van der Waals surface area contributed by atoms with Crippen LogP contribution in [0.4, 0.5) is 0 Å². The Hall–Kier alpha value is -1.51. The topological polar surface area (TPSA) is 29.1 Å². The molecule has 2 aromatic rings. The highest BCUT2D eigenvalue weighted by Gasteiger charge is 2.21. The van der Waals surface area contributed by atoms with Crippen LogP contribution in [0.15, 0.2) is 42.5 Å². The third kappa shape index (κ3) is 3.45. The normalized spacial score (nSPS) is 16.9. The standard InChI is InChI=1S/C18H17Cl2NO/c19-15-9-8-12(10-16(15)20)11-18(22)21-17-7-3-5-13-4-1-2-6-14(13)17/h1-2,4,6,8-10,17H,3,5,7,11H2,(H,21,22)/t17-/m1/s1. The number of nitrogens with one attached hydrogen (secondary N) is 1. The Bertz CT molecular complexity index is 699. The number of benzene rings is 2. The van der Waals surface area contributed by atoms with Gasteiger partial charge in [-0.15, -0.1) is 0 Å². The number of amides is 1. The first-order valence-corrected chi connectivity index (χ1v) is 8.20. The van der Waals surface area contributed by atoms with Crippen LogP contribution >= 0.6 is 23.2 Å². The first kappa shape index (κ1) is 15.4. The highest BCUT2D eigenvalue weighted by atomic mass is 35.5. The third-order valence-electron chi connectivity index (χ3n) is 4.05. The van der Waals surface area contributed by atoms with Gasteiger partial charge in [0.05, 0.1) is 22.5 Å². The van der Waals surface area contributed by atoms with E-state index in [4.69, 9.17) is 23.2 Å². The summed E-state index contributed by atoms with van der Waals surface area (Å²) in [4.78, 5) is 12.3. The van der Waals surface area contributed by atoms with Gasteiger partial charge in [0, 0.05) is 0 Å². The van der Waals surface area contributed by atoms with E-state index in [1.165, 1.54) is 11.1 Å². The molecule has 4 heteroatoms. The molecule has 0 bridgehead atoms. The van der Waals surface area contributed by atoms with Gasteiger partial charge in [0.2, 0.25) is 5.91 Å². The summed E-state index contributed by atoms with van der Waals surface area (Å²) in [6.45, 7) is 0. The van der Waals surface area contributed by atoms with Gasteiger partial charge in [-0.2, -0.15) is 0 Å². The zero-order chi connectivity index (χ0) is 15.5. The van der Waals surface area contributed by atoms with E-state index in [0.29, 0.717) is 16.5 Å². The van der Waals surface area contributed by atoms with E-state index < -0.39 is 0 Å². The van der Waals surface area contributed by atoms with Crippen LogP contribution in [0.5, 0.6) is 0 Å². The van der Waals surface area contributed by atoms with Crippen LogP contribution in [0.25, 0.3) is 0 Å². The van der Waals surface area contributed by atoms with E-state index in [-0.39, 0.29) is 11.9 Å². The lowest BCUT2D eigenvalue weighted by atomic mass is 9.87. The van der Waals surface area contributed by atoms with Crippen LogP contribution in [0, 0.1) is 0 Å². The van der Waals surface area contributed by atoms with Crippen LogP contribution in [0.2, 0.25) is 10.0 Å². The van der Waals surface area contributed by atoms with Crippen molar-refractivity contribution < 1.29 is 4.79 Å². The summed E-state index contributed by atoms with van der Waals surface area (Å²) in [5.41, 5.74) is 3.46. The minimum absolute atomic E-state index is 0.0140. The molecule has 1 atom stereocenters. The van der Waals surface area contributed by atoms with Crippen molar-refractivity contribution in [2.75, 3.05) is 0 Å². The van der Waals surface area contributed by atoms with Crippen molar-refractivity contribution >= 4 is 29.1 Å². The van der Waals surface area contributed by atoms with Gasteiger partial charge in [-0.3, -0.25) is 4.79 Å². The number of aryl methyl sites for hydroxylation is 1. The molecule has 0 saturated carbocycles. The predicted molar refractivity (Wildman–Crippen MR) is 90.4 cm³/mol. The monoisotopic (exact) mass is 333 g/mol. The molecule has 2 aromatic carbocycles. The van der Waals surface area contributed by atoms with E-state index in [2.05, 4.69) is 23.5 Å². The molecule has 0 fully saturated rings. The molecule has 1 N–H and O–H groups in total. The number of carbonyl (C=O) groups excluding carboxylic acids is 1. The second-order valence-corrected chi connectivity index (χ2v) is 6.45. The second kappa shape index (κ2) is 6.72. The van der Waals surface area contributed by atoms with Crippen molar-refractivity contribution in [1.29, 1.82) is 0 Å². The summed E-state index contributed by atoms with van der Waals surface area (Å²) in [7, 11) is 0. The molecule has 0 saturated heterocycles. The Morgan fingerprint density at radius 1 is 1.14 bits per heavy atom. The van der Waals surface area contributed by atoms with Crippen LogP contribution in [0.3, 0.4) is 0 Å². The van der Waals surface area contributed by atoms with Crippen molar-refractivity contribution in [3.8, 4) is 0 Å². The molecular weight excluding hydrogens is 317 g/mol. The zero-order valence-electron chi connectivity index (χ0n) is 12.1. The highest BCUT2D eigenvalue weighted by Crippen LogP contribution is 2.29. The molecule has 1 amide bonds. The maximum absolute atomic E-state index is 12.3. The third-order valence-corrected chi connectivity index (χ3v) is 4.79. The van der Waals surface area contributed by atoms with E-state index >= 15 is 0 Å². The average Bonchev–Trinajstić information content (AvgIpc) is 2.51. The van der Waals surface area contributed by atoms with Gasteiger partial charge < -0.3 is 5.32 Å². The van der Waals surface area contributed by atoms with Gasteiger partial charge in [-0.05, 0) is 48.1 Å². The Labute approximate surface area is 140 Å². The fraction of sp³-hybridized carbons (Fsp3) is 0.278. The molecule has 114 valence electrons. The summed E-state index contributed by atoms with van der Waals surface area (Å²) in [5.74, 6) is 0.0140. The van der Waals surface area contributed by atoms with E-state index in [9.17, 15) is 4.79 Å². The van der Waals surface area contributed by atoms with Gasteiger partial charge in [0.15, 0.2) is 0 Å². The van der Waals surface area contributed by atoms with Gasteiger partial charge >= 0.3 is 0 Å². The van der Waals surface area contributed by atoms with Gasteiger partial charge in [-0.1, -0.05) is 53.5 Å². The molecule has 1 aliphatic carbocycles. The Kier molecular flexibility index (Phi) is 4.70. The van der Waals surface area contributed by atoms with Crippen molar-refractivity contribution in [3.05, 3.63) is 69.2 Å². The number of carbonyl (C=O) groups is 1. The number of fused-ring (bicyclic) bond motifs is 1. The minimum Gasteiger partial charge on any atom is -0.349 e. The first-order chi connectivity index (χ1) is 10.6. The van der Waals surface area contributed by atoms with Crippen molar-refractivity contribution in [3.63, 3.8) is 0 Å². The predicted octanol–water partition coefficient (Wildman–Crippen LogP) is 4.73. The lowest BCUT2D eigenvalue weighted by Gasteiger charge is -2.26. The summed E-state index contributed by atoms with van der Waals surface area (Å²) < 4.78 is 0. The van der Waals surface area contributed by atoms with Gasteiger partial charge in [0.1, 0.15) is 0 Å². The summed E-state index contributed by atoms with van der Waals surface area (Å²) in [6.07, 6.45) is 3.50. The van der Waals surface area contributed by atoms with Crippen LogP contribution < -0.4 is 5.32 Å². The highest BCUT2D eigenvalue weighted by molar-refractivity contribution is 6.42. The maximum atomic E-state index is 12.3. The summed E-state index contributed by atoms with van der Waals surface area (Å²) >= 11 is 11.9. The molecule has 3 rings (SSSR count). The smallest absolute Gasteiger partial charge is 0.224 e. The molecule has 2 nitrogen and oxygen atoms in total. The zero-order valence-corrected chi connectivity index (χ0v) is 13.6. The number of hydrogen-bond acceptors (Lipinski definition) is 1. The number of halogens is 2. The summed E-state index contributed by atoms with van der Waals surface area (Å²) in [5, 5.41) is 4.13. The lowest BCUT2D eigenvalue weighted by Crippen LogP contribution is -2.32. The molecule has 0 unspecified atom stereocenters. The Morgan fingerprint density at radius 3 is 2.77 bits per heavy atom. The fourth-order valence-electron chi connectivity index (χ4n) is 2.98. The fourth-order valence-corrected chi connectivity index (χ4v) is 3.30. The number of rotatable bonds is 3. The largest absolute Gasteiger partial charge is 0.349 e. The molecule has 0 radical (unpaired) electrons. The van der Waals surface area contributed by atoms with Crippen LogP contribution in [-0.4, -0.2) is 5.91 Å².